The normalized spacial score (nSPS) is 22.5. The predicted octanol–water partition coefficient (Wildman–Crippen LogP) is 3.39. The highest BCUT2D eigenvalue weighted by molar-refractivity contribution is 6.30. The lowest BCUT2D eigenvalue weighted by atomic mass is 9.99. The number of halogens is 2. The molecular weight excluding hydrogens is 447 g/mol. The zero-order chi connectivity index (χ0) is 23.4. The summed E-state index contributed by atoms with van der Waals surface area (Å²) in [7, 11) is 1.56. The van der Waals surface area contributed by atoms with Crippen LogP contribution in [0.25, 0.3) is 0 Å². The Hall–Kier alpha value is -2.68. The monoisotopic (exact) mass is 474 g/mol. The number of hydrogen-bond acceptors (Lipinski definition) is 4. The Bertz CT molecular complexity index is 1020. The number of likely N-dealkylation sites (tertiary alicyclic amines) is 1. The molecule has 33 heavy (non-hydrogen) atoms. The molecule has 176 valence electrons. The SMILES string of the molecule is CO[C@@H]1CC(C(=O)NCC2=CC3=C(CC=C2)CNCC3)N(C(=O)Nc2ccc(Cl)c(F)c2)C1. The molecule has 4 rings (SSSR count). The van der Waals surface area contributed by atoms with E-state index in [9.17, 15) is 14.0 Å². The molecule has 9 heteroatoms. The number of rotatable bonds is 5. The van der Waals surface area contributed by atoms with Crippen LogP contribution in [0.15, 0.2) is 53.1 Å². The topological polar surface area (TPSA) is 82.7 Å². The molecule has 7 nitrogen and oxygen atoms in total. The second kappa shape index (κ2) is 10.5. The fourth-order valence-electron chi connectivity index (χ4n) is 4.38. The third kappa shape index (κ3) is 5.63. The lowest BCUT2D eigenvalue weighted by Gasteiger charge is -2.24. The summed E-state index contributed by atoms with van der Waals surface area (Å²) in [4.78, 5) is 27.4. The van der Waals surface area contributed by atoms with Gasteiger partial charge in [-0.2, -0.15) is 0 Å². The molecule has 3 aliphatic rings. The number of hydrogen-bond donors (Lipinski definition) is 3. The van der Waals surface area contributed by atoms with Crippen LogP contribution in [-0.4, -0.2) is 62.3 Å². The lowest BCUT2D eigenvalue weighted by molar-refractivity contribution is -0.124. The second-order valence-corrected chi connectivity index (χ2v) is 8.83. The highest BCUT2D eigenvalue weighted by atomic mass is 35.5. The Morgan fingerprint density at radius 1 is 1.36 bits per heavy atom. The fourth-order valence-corrected chi connectivity index (χ4v) is 4.50. The van der Waals surface area contributed by atoms with Crippen LogP contribution in [0.5, 0.6) is 0 Å². The van der Waals surface area contributed by atoms with Crippen LogP contribution in [0.4, 0.5) is 14.9 Å². The van der Waals surface area contributed by atoms with Crippen molar-refractivity contribution in [2.75, 3.05) is 38.6 Å². The van der Waals surface area contributed by atoms with Crippen molar-refractivity contribution >= 4 is 29.2 Å². The summed E-state index contributed by atoms with van der Waals surface area (Å²) in [6.45, 7) is 2.50. The minimum absolute atomic E-state index is 0.0277. The van der Waals surface area contributed by atoms with Gasteiger partial charge >= 0.3 is 6.03 Å². The van der Waals surface area contributed by atoms with Gasteiger partial charge in [-0.15, -0.1) is 0 Å². The number of urea groups is 1. The number of allylic oxidation sites excluding steroid dienone is 2. The van der Waals surface area contributed by atoms with E-state index in [1.165, 1.54) is 28.2 Å². The molecule has 1 saturated heterocycles. The molecule has 1 aromatic carbocycles. The van der Waals surface area contributed by atoms with Crippen LogP contribution < -0.4 is 16.0 Å². The summed E-state index contributed by atoms with van der Waals surface area (Å²) in [5.41, 5.74) is 4.02. The first kappa shape index (κ1) is 23.5. The van der Waals surface area contributed by atoms with Crippen LogP contribution >= 0.6 is 11.6 Å². The summed E-state index contributed by atoms with van der Waals surface area (Å²) in [5, 5.41) is 8.98. The van der Waals surface area contributed by atoms with E-state index in [0.29, 0.717) is 13.0 Å². The summed E-state index contributed by atoms with van der Waals surface area (Å²) in [6, 6.07) is 2.85. The van der Waals surface area contributed by atoms with E-state index in [1.54, 1.807) is 7.11 Å². The van der Waals surface area contributed by atoms with E-state index in [0.717, 1.165) is 37.6 Å². The number of carbonyl (C=O) groups excluding carboxylic acids is 2. The van der Waals surface area contributed by atoms with Crippen LogP contribution in [0.2, 0.25) is 5.02 Å². The maximum absolute atomic E-state index is 13.7. The molecule has 1 aliphatic carbocycles. The third-order valence-corrected chi connectivity index (χ3v) is 6.52. The molecule has 3 amide bonds. The van der Waals surface area contributed by atoms with Gasteiger partial charge in [0.25, 0.3) is 0 Å². The zero-order valence-corrected chi connectivity index (χ0v) is 19.3. The Balaban J connectivity index is 1.41. The average Bonchev–Trinajstić information content (AvgIpc) is 3.14. The first-order valence-electron chi connectivity index (χ1n) is 11.1. The Morgan fingerprint density at radius 3 is 3.00 bits per heavy atom. The maximum Gasteiger partial charge on any atom is 0.322 e. The number of nitrogens with one attached hydrogen (secondary N) is 3. The summed E-state index contributed by atoms with van der Waals surface area (Å²) in [5.74, 6) is -0.873. The van der Waals surface area contributed by atoms with Crippen LogP contribution in [0.3, 0.4) is 0 Å². The summed E-state index contributed by atoms with van der Waals surface area (Å²) >= 11 is 5.71. The van der Waals surface area contributed by atoms with E-state index in [1.807, 2.05) is 6.08 Å². The first-order chi connectivity index (χ1) is 15.9. The Kier molecular flexibility index (Phi) is 7.47. The molecule has 2 aliphatic heterocycles. The van der Waals surface area contributed by atoms with Crippen molar-refractivity contribution in [2.45, 2.75) is 31.4 Å². The minimum Gasteiger partial charge on any atom is -0.380 e. The first-order valence-corrected chi connectivity index (χ1v) is 11.4. The van der Waals surface area contributed by atoms with Gasteiger partial charge in [-0.05, 0) is 54.3 Å². The van der Waals surface area contributed by atoms with Crippen molar-refractivity contribution in [3.05, 3.63) is 64.0 Å². The number of carbonyl (C=O) groups is 2. The van der Waals surface area contributed by atoms with E-state index in [2.05, 4.69) is 28.1 Å². The quantitative estimate of drug-likeness (QED) is 0.611. The predicted molar refractivity (Wildman–Crippen MR) is 126 cm³/mol. The number of amides is 3. The van der Waals surface area contributed by atoms with Crippen LogP contribution in [-0.2, 0) is 9.53 Å². The molecule has 0 bridgehead atoms. The molecule has 1 aromatic rings. The van der Waals surface area contributed by atoms with Crippen molar-refractivity contribution in [2.24, 2.45) is 0 Å². The Morgan fingerprint density at radius 2 is 2.21 bits per heavy atom. The van der Waals surface area contributed by atoms with E-state index in [-0.39, 0.29) is 29.3 Å². The smallest absolute Gasteiger partial charge is 0.322 e. The number of anilines is 1. The van der Waals surface area contributed by atoms with Gasteiger partial charge in [-0.1, -0.05) is 29.8 Å². The maximum atomic E-state index is 13.7. The average molecular weight is 475 g/mol. The lowest BCUT2D eigenvalue weighted by Crippen LogP contribution is -2.47. The van der Waals surface area contributed by atoms with Gasteiger partial charge in [0.2, 0.25) is 5.91 Å². The molecule has 0 spiro atoms. The van der Waals surface area contributed by atoms with Crippen molar-refractivity contribution in [3.8, 4) is 0 Å². The van der Waals surface area contributed by atoms with Crippen LogP contribution in [0, 0.1) is 5.82 Å². The van der Waals surface area contributed by atoms with Gasteiger partial charge in [0.05, 0.1) is 11.1 Å². The van der Waals surface area contributed by atoms with Gasteiger partial charge in [0, 0.05) is 38.9 Å². The summed E-state index contributed by atoms with van der Waals surface area (Å²) in [6.07, 6.45) is 8.35. The van der Waals surface area contributed by atoms with E-state index < -0.39 is 17.9 Å². The van der Waals surface area contributed by atoms with Gasteiger partial charge in [-0.25, -0.2) is 9.18 Å². The summed E-state index contributed by atoms with van der Waals surface area (Å²) < 4.78 is 19.2. The van der Waals surface area contributed by atoms with Crippen molar-refractivity contribution < 1.29 is 18.7 Å². The molecule has 1 fully saturated rings. The largest absolute Gasteiger partial charge is 0.380 e. The third-order valence-electron chi connectivity index (χ3n) is 6.22. The standard InChI is InChI=1S/C24H28ClFN4O3/c1-33-19-11-22(30(14-19)24(32)29-18-5-6-20(25)21(26)10-18)23(31)28-12-15-3-2-4-17-13-27-8-7-16(17)9-15/h2-3,5-6,9-10,19,22,27H,4,7-8,11-14H2,1H3,(H,28,31)(H,29,32)/t19-,22?/m1/s1. The molecule has 3 N–H and O–H groups in total. The van der Waals surface area contributed by atoms with Crippen LogP contribution in [0.1, 0.15) is 19.3 Å². The number of methoxy groups -OCH3 is 1. The molecule has 0 radical (unpaired) electrons. The van der Waals surface area contributed by atoms with Crippen molar-refractivity contribution in [1.82, 2.24) is 15.5 Å². The molecule has 0 aromatic heterocycles. The van der Waals surface area contributed by atoms with Crippen molar-refractivity contribution in [3.63, 3.8) is 0 Å². The molecule has 2 atom stereocenters. The van der Waals surface area contributed by atoms with Crippen molar-refractivity contribution in [1.29, 1.82) is 0 Å². The van der Waals surface area contributed by atoms with E-state index in [4.69, 9.17) is 16.3 Å². The second-order valence-electron chi connectivity index (χ2n) is 8.42. The number of ether oxygens (including phenoxy) is 1. The van der Waals surface area contributed by atoms with E-state index >= 15 is 0 Å². The molecular formula is C24H28ClFN4O3. The number of benzene rings is 1. The molecule has 2 heterocycles. The highest BCUT2D eigenvalue weighted by Gasteiger charge is 2.39. The minimum atomic E-state index is -0.684. The Labute approximate surface area is 197 Å². The molecule has 0 saturated carbocycles. The number of nitrogens with zero attached hydrogens (tertiary/aromatic N) is 1. The zero-order valence-electron chi connectivity index (χ0n) is 18.5. The van der Waals surface area contributed by atoms with Gasteiger partial charge in [0.15, 0.2) is 0 Å². The van der Waals surface area contributed by atoms with Gasteiger partial charge in [0.1, 0.15) is 11.9 Å². The fraction of sp³-hybridized carbons (Fsp3) is 0.417. The van der Waals surface area contributed by atoms with Gasteiger partial charge < -0.3 is 25.6 Å². The molecule has 1 unspecified atom stereocenters. The van der Waals surface area contributed by atoms with Gasteiger partial charge in [-0.3, -0.25) is 4.79 Å². The highest BCUT2D eigenvalue weighted by Crippen LogP contribution is 2.25.